The van der Waals surface area contributed by atoms with E-state index in [2.05, 4.69) is 20.0 Å². The number of carbonyl (C=O) groups excluding carboxylic acids is 1. The molecule has 166 valence electrons. The van der Waals surface area contributed by atoms with Gasteiger partial charge in [-0.25, -0.2) is 18.4 Å². The lowest BCUT2D eigenvalue weighted by Crippen LogP contribution is -2.31. The molecule has 0 unspecified atom stereocenters. The van der Waals surface area contributed by atoms with E-state index in [1.807, 2.05) is 38.3 Å². The number of hydrogen-bond donors (Lipinski definition) is 2. The minimum absolute atomic E-state index is 0.0954. The van der Waals surface area contributed by atoms with E-state index in [4.69, 9.17) is 0 Å². The van der Waals surface area contributed by atoms with Crippen molar-refractivity contribution in [1.29, 1.82) is 0 Å². The van der Waals surface area contributed by atoms with Gasteiger partial charge >= 0.3 is 0 Å². The van der Waals surface area contributed by atoms with Gasteiger partial charge in [0.25, 0.3) is 0 Å². The summed E-state index contributed by atoms with van der Waals surface area (Å²) in [5, 5.41) is 6.94. The number of rotatable bonds is 9. The standard InChI is InChI=1S/C21H26N4O3S3/c1-5-16-12-29-21(23-16)19(24-20(26)11-18-13(2)30-14(3)22-18)10-15-6-8-17(9-7-15)25-31(4,27)28/h6-9,12,19,25H,5,10-11H2,1-4H3,(H,24,26)/t19-/m0/s1. The monoisotopic (exact) mass is 478 g/mol. The van der Waals surface area contributed by atoms with E-state index in [1.54, 1.807) is 23.5 Å². The van der Waals surface area contributed by atoms with Gasteiger partial charge in [-0.3, -0.25) is 9.52 Å². The second kappa shape index (κ2) is 9.88. The van der Waals surface area contributed by atoms with Gasteiger partial charge in [0.1, 0.15) is 5.01 Å². The van der Waals surface area contributed by atoms with Gasteiger partial charge in [-0.2, -0.15) is 0 Å². The maximum atomic E-state index is 12.8. The molecule has 10 heteroatoms. The molecule has 0 aliphatic carbocycles. The molecule has 3 rings (SSSR count). The molecule has 0 spiro atoms. The molecule has 2 N–H and O–H groups in total. The van der Waals surface area contributed by atoms with Crippen LogP contribution in [0.5, 0.6) is 0 Å². The molecule has 1 amide bonds. The molecule has 0 aliphatic heterocycles. The van der Waals surface area contributed by atoms with Crippen LogP contribution in [-0.4, -0.2) is 30.5 Å². The Labute approximate surface area is 191 Å². The zero-order valence-corrected chi connectivity index (χ0v) is 20.4. The third-order valence-electron chi connectivity index (χ3n) is 4.59. The fraction of sp³-hybridized carbons (Fsp3) is 0.381. The predicted molar refractivity (Wildman–Crippen MR) is 126 cm³/mol. The second-order valence-corrected chi connectivity index (χ2v) is 11.4. The highest BCUT2D eigenvalue weighted by Crippen LogP contribution is 2.24. The Hall–Kier alpha value is -2.30. The van der Waals surface area contributed by atoms with Gasteiger partial charge in [0, 0.05) is 15.9 Å². The number of anilines is 1. The maximum absolute atomic E-state index is 12.8. The minimum Gasteiger partial charge on any atom is -0.346 e. The molecule has 0 radical (unpaired) electrons. The molecule has 0 aliphatic rings. The first-order chi connectivity index (χ1) is 14.6. The van der Waals surface area contributed by atoms with Crippen LogP contribution in [0.2, 0.25) is 0 Å². The van der Waals surface area contributed by atoms with Gasteiger partial charge in [0.15, 0.2) is 0 Å². The van der Waals surface area contributed by atoms with E-state index < -0.39 is 10.0 Å². The summed E-state index contributed by atoms with van der Waals surface area (Å²) in [5.41, 5.74) is 3.28. The number of amides is 1. The van der Waals surface area contributed by atoms with Crippen LogP contribution in [-0.2, 0) is 34.1 Å². The predicted octanol–water partition coefficient (Wildman–Crippen LogP) is 3.79. The zero-order valence-electron chi connectivity index (χ0n) is 17.9. The van der Waals surface area contributed by atoms with Crippen LogP contribution in [0.3, 0.4) is 0 Å². The Balaban J connectivity index is 1.76. The summed E-state index contributed by atoms with van der Waals surface area (Å²) in [7, 11) is -3.32. The van der Waals surface area contributed by atoms with Crippen molar-refractivity contribution in [2.45, 2.75) is 46.1 Å². The molecule has 3 aromatic rings. The molecule has 0 saturated carbocycles. The van der Waals surface area contributed by atoms with Crippen LogP contribution in [0, 0.1) is 13.8 Å². The Morgan fingerprint density at radius 1 is 1.16 bits per heavy atom. The van der Waals surface area contributed by atoms with Crippen molar-refractivity contribution in [2.24, 2.45) is 0 Å². The van der Waals surface area contributed by atoms with E-state index in [0.29, 0.717) is 12.1 Å². The van der Waals surface area contributed by atoms with Gasteiger partial charge in [0.05, 0.1) is 35.1 Å². The Morgan fingerprint density at radius 3 is 2.42 bits per heavy atom. The summed E-state index contributed by atoms with van der Waals surface area (Å²) >= 11 is 3.13. The third kappa shape index (κ3) is 6.84. The van der Waals surface area contributed by atoms with E-state index in [-0.39, 0.29) is 18.4 Å². The topological polar surface area (TPSA) is 101 Å². The van der Waals surface area contributed by atoms with Crippen LogP contribution in [0.15, 0.2) is 29.6 Å². The number of nitrogens with zero attached hydrogens (tertiary/aromatic N) is 2. The molecule has 0 saturated heterocycles. The summed E-state index contributed by atoms with van der Waals surface area (Å²) in [6.45, 7) is 5.96. The van der Waals surface area contributed by atoms with Crippen molar-refractivity contribution in [2.75, 3.05) is 11.0 Å². The summed E-state index contributed by atoms with van der Waals surface area (Å²) in [4.78, 5) is 23.0. The van der Waals surface area contributed by atoms with Crippen LogP contribution in [0.25, 0.3) is 0 Å². The highest BCUT2D eigenvalue weighted by atomic mass is 32.2. The lowest BCUT2D eigenvalue weighted by molar-refractivity contribution is -0.121. The molecular weight excluding hydrogens is 452 g/mol. The molecule has 0 bridgehead atoms. The summed E-state index contributed by atoms with van der Waals surface area (Å²) in [5.74, 6) is -0.0954. The number of aromatic nitrogens is 2. The van der Waals surface area contributed by atoms with Crippen LogP contribution >= 0.6 is 22.7 Å². The van der Waals surface area contributed by atoms with Crippen molar-refractivity contribution < 1.29 is 13.2 Å². The van der Waals surface area contributed by atoms with Gasteiger partial charge in [0.2, 0.25) is 15.9 Å². The van der Waals surface area contributed by atoms with Crippen molar-refractivity contribution >= 4 is 44.3 Å². The number of carbonyl (C=O) groups is 1. The first kappa shape index (κ1) is 23.4. The average Bonchev–Trinajstić information content (AvgIpc) is 3.28. The van der Waals surface area contributed by atoms with E-state index in [9.17, 15) is 13.2 Å². The molecule has 0 fully saturated rings. The van der Waals surface area contributed by atoms with Gasteiger partial charge in [-0.1, -0.05) is 19.1 Å². The van der Waals surface area contributed by atoms with Crippen molar-refractivity contribution in [1.82, 2.24) is 15.3 Å². The molecule has 31 heavy (non-hydrogen) atoms. The van der Waals surface area contributed by atoms with E-state index >= 15 is 0 Å². The van der Waals surface area contributed by atoms with Crippen molar-refractivity contribution in [3.63, 3.8) is 0 Å². The average molecular weight is 479 g/mol. The molecule has 2 heterocycles. The summed E-state index contributed by atoms with van der Waals surface area (Å²) < 4.78 is 25.3. The molecule has 7 nitrogen and oxygen atoms in total. The second-order valence-electron chi connectivity index (χ2n) is 7.34. The number of sulfonamides is 1. The Bertz CT molecular complexity index is 1150. The maximum Gasteiger partial charge on any atom is 0.229 e. The first-order valence-corrected chi connectivity index (χ1v) is 13.4. The zero-order chi connectivity index (χ0) is 22.6. The van der Waals surface area contributed by atoms with Gasteiger partial charge in [-0.15, -0.1) is 22.7 Å². The smallest absolute Gasteiger partial charge is 0.229 e. The first-order valence-electron chi connectivity index (χ1n) is 9.86. The SMILES string of the molecule is CCc1csc([C@H](Cc2ccc(NS(C)(=O)=O)cc2)NC(=O)Cc2nc(C)sc2C)n1. The number of nitrogens with one attached hydrogen (secondary N) is 2. The fourth-order valence-corrected chi connectivity index (χ4v) is 5.49. The van der Waals surface area contributed by atoms with Crippen LogP contribution < -0.4 is 10.0 Å². The van der Waals surface area contributed by atoms with Crippen molar-refractivity contribution in [3.8, 4) is 0 Å². The lowest BCUT2D eigenvalue weighted by atomic mass is 10.1. The lowest BCUT2D eigenvalue weighted by Gasteiger charge is -2.17. The number of aryl methyl sites for hydroxylation is 3. The highest BCUT2D eigenvalue weighted by molar-refractivity contribution is 7.92. The molecule has 1 aromatic carbocycles. The number of thiazole rings is 2. The van der Waals surface area contributed by atoms with Crippen LogP contribution in [0.1, 0.15) is 44.8 Å². The van der Waals surface area contributed by atoms with Gasteiger partial charge < -0.3 is 5.32 Å². The summed E-state index contributed by atoms with van der Waals surface area (Å²) in [6, 6.07) is 6.88. The number of hydrogen-bond acceptors (Lipinski definition) is 7. The molecular formula is C21H26N4O3S3. The normalized spacial score (nSPS) is 12.5. The van der Waals surface area contributed by atoms with Gasteiger partial charge in [-0.05, 0) is 44.4 Å². The third-order valence-corrected chi connectivity index (χ3v) is 7.13. The Morgan fingerprint density at radius 2 is 1.87 bits per heavy atom. The van der Waals surface area contributed by atoms with E-state index in [1.165, 1.54) is 11.3 Å². The Kier molecular flexibility index (Phi) is 7.45. The minimum atomic E-state index is -3.32. The molecule has 2 aromatic heterocycles. The van der Waals surface area contributed by atoms with Crippen LogP contribution in [0.4, 0.5) is 5.69 Å². The highest BCUT2D eigenvalue weighted by Gasteiger charge is 2.20. The number of benzene rings is 1. The fourth-order valence-electron chi connectivity index (χ4n) is 3.14. The van der Waals surface area contributed by atoms with Crippen molar-refractivity contribution in [3.05, 3.63) is 61.5 Å². The molecule has 1 atom stereocenters. The largest absolute Gasteiger partial charge is 0.346 e. The quantitative estimate of drug-likeness (QED) is 0.487. The van der Waals surface area contributed by atoms with E-state index in [0.717, 1.165) is 44.5 Å². The summed E-state index contributed by atoms with van der Waals surface area (Å²) in [6.07, 6.45) is 2.73.